The summed E-state index contributed by atoms with van der Waals surface area (Å²) in [5.41, 5.74) is 3.16. The number of aromatic nitrogens is 3. The summed E-state index contributed by atoms with van der Waals surface area (Å²) >= 11 is 0. The quantitative estimate of drug-likeness (QED) is 0.861. The molecule has 0 bridgehead atoms. The molecule has 0 radical (unpaired) electrons. The molecule has 0 saturated heterocycles. The van der Waals surface area contributed by atoms with Crippen molar-refractivity contribution in [1.29, 1.82) is 0 Å². The minimum Gasteiger partial charge on any atom is -0.314 e. The van der Waals surface area contributed by atoms with Gasteiger partial charge in [0.05, 0.1) is 12.1 Å². The predicted molar refractivity (Wildman–Crippen MR) is 66.6 cm³/mol. The van der Waals surface area contributed by atoms with Gasteiger partial charge in [0.1, 0.15) is 5.82 Å². The maximum absolute atomic E-state index is 4.54. The van der Waals surface area contributed by atoms with Gasteiger partial charge < -0.3 is 5.32 Å². The van der Waals surface area contributed by atoms with E-state index in [0.29, 0.717) is 6.42 Å². The van der Waals surface area contributed by atoms with E-state index in [-0.39, 0.29) is 0 Å². The highest BCUT2D eigenvalue weighted by molar-refractivity contribution is 5.18. The Hall–Kier alpha value is -1.81. The van der Waals surface area contributed by atoms with Gasteiger partial charge in [0.25, 0.3) is 0 Å². The zero-order chi connectivity index (χ0) is 12.1. The Balaban J connectivity index is 2.19. The van der Waals surface area contributed by atoms with Gasteiger partial charge in [-0.05, 0) is 31.7 Å². The lowest BCUT2D eigenvalue weighted by Gasteiger charge is -2.06. The van der Waals surface area contributed by atoms with Crippen molar-refractivity contribution in [3.05, 3.63) is 53.4 Å². The molecule has 17 heavy (non-hydrogen) atoms. The number of nitrogens with zero attached hydrogens (tertiary/aromatic N) is 3. The van der Waals surface area contributed by atoms with Gasteiger partial charge >= 0.3 is 0 Å². The minimum absolute atomic E-state index is 0.678. The molecule has 0 amide bonds. The number of hydrogen-bond donors (Lipinski definition) is 1. The molecule has 0 spiro atoms. The second kappa shape index (κ2) is 5.50. The van der Waals surface area contributed by atoms with Crippen LogP contribution in [0.2, 0.25) is 0 Å². The summed E-state index contributed by atoms with van der Waals surface area (Å²) in [6, 6.07) is 5.87. The number of aryl methyl sites for hydroxylation is 1. The SMILES string of the molecule is CNCc1nc(Cc2ccccn2)ncc1C. The van der Waals surface area contributed by atoms with E-state index in [4.69, 9.17) is 0 Å². The highest BCUT2D eigenvalue weighted by Gasteiger charge is 2.04. The summed E-state index contributed by atoms with van der Waals surface area (Å²) < 4.78 is 0. The van der Waals surface area contributed by atoms with Crippen molar-refractivity contribution < 1.29 is 0 Å². The molecule has 0 fully saturated rings. The molecule has 0 unspecified atom stereocenters. The smallest absolute Gasteiger partial charge is 0.134 e. The average Bonchev–Trinajstić information content (AvgIpc) is 2.35. The van der Waals surface area contributed by atoms with Crippen LogP contribution in [0.25, 0.3) is 0 Å². The molecule has 2 heterocycles. The molecule has 0 aliphatic carbocycles. The molecular formula is C13H16N4. The van der Waals surface area contributed by atoms with Crippen molar-refractivity contribution in [1.82, 2.24) is 20.3 Å². The summed E-state index contributed by atoms with van der Waals surface area (Å²) in [6.07, 6.45) is 4.34. The van der Waals surface area contributed by atoms with Crippen LogP contribution in [0.4, 0.5) is 0 Å². The molecular weight excluding hydrogens is 212 g/mol. The van der Waals surface area contributed by atoms with E-state index in [9.17, 15) is 0 Å². The maximum atomic E-state index is 4.54. The third kappa shape index (κ3) is 3.07. The topological polar surface area (TPSA) is 50.7 Å². The fourth-order valence-corrected chi connectivity index (χ4v) is 1.61. The summed E-state index contributed by atoms with van der Waals surface area (Å²) in [6.45, 7) is 2.79. The summed E-state index contributed by atoms with van der Waals surface area (Å²) in [4.78, 5) is 13.2. The first-order chi connectivity index (χ1) is 8.29. The lowest BCUT2D eigenvalue weighted by atomic mass is 10.2. The van der Waals surface area contributed by atoms with Crippen molar-refractivity contribution >= 4 is 0 Å². The van der Waals surface area contributed by atoms with E-state index in [0.717, 1.165) is 29.3 Å². The Labute approximate surface area is 101 Å². The van der Waals surface area contributed by atoms with Gasteiger partial charge in [0.2, 0.25) is 0 Å². The van der Waals surface area contributed by atoms with E-state index in [1.54, 1.807) is 6.20 Å². The van der Waals surface area contributed by atoms with Crippen LogP contribution in [0.1, 0.15) is 22.8 Å². The maximum Gasteiger partial charge on any atom is 0.134 e. The first-order valence-electron chi connectivity index (χ1n) is 5.65. The molecule has 0 saturated carbocycles. The molecule has 2 aromatic heterocycles. The number of rotatable bonds is 4. The van der Waals surface area contributed by atoms with Crippen LogP contribution >= 0.6 is 0 Å². The van der Waals surface area contributed by atoms with Crippen LogP contribution in [0.3, 0.4) is 0 Å². The van der Waals surface area contributed by atoms with Gasteiger partial charge in [-0.3, -0.25) is 4.98 Å². The Kier molecular flexibility index (Phi) is 3.77. The van der Waals surface area contributed by atoms with E-state index in [1.807, 2.05) is 38.4 Å². The second-order valence-corrected chi connectivity index (χ2v) is 3.94. The highest BCUT2D eigenvalue weighted by atomic mass is 14.9. The normalized spacial score (nSPS) is 10.5. The van der Waals surface area contributed by atoms with Gasteiger partial charge in [-0.15, -0.1) is 0 Å². The van der Waals surface area contributed by atoms with Crippen molar-refractivity contribution in [2.45, 2.75) is 19.9 Å². The third-order valence-corrected chi connectivity index (χ3v) is 2.54. The average molecular weight is 228 g/mol. The van der Waals surface area contributed by atoms with Gasteiger partial charge in [0, 0.05) is 24.6 Å². The Bertz CT molecular complexity index is 482. The van der Waals surface area contributed by atoms with Crippen molar-refractivity contribution in [2.24, 2.45) is 0 Å². The second-order valence-electron chi connectivity index (χ2n) is 3.94. The van der Waals surface area contributed by atoms with Crippen molar-refractivity contribution in [3.63, 3.8) is 0 Å². The van der Waals surface area contributed by atoms with Gasteiger partial charge in [-0.2, -0.15) is 0 Å². The lowest BCUT2D eigenvalue weighted by Crippen LogP contribution is -2.11. The zero-order valence-corrected chi connectivity index (χ0v) is 10.1. The summed E-state index contributed by atoms with van der Waals surface area (Å²) in [5, 5.41) is 3.11. The van der Waals surface area contributed by atoms with Gasteiger partial charge in [-0.1, -0.05) is 6.07 Å². The molecule has 0 aromatic carbocycles. The fourth-order valence-electron chi connectivity index (χ4n) is 1.61. The molecule has 0 aliphatic heterocycles. The monoisotopic (exact) mass is 228 g/mol. The largest absolute Gasteiger partial charge is 0.314 e. The van der Waals surface area contributed by atoms with Crippen LogP contribution < -0.4 is 5.32 Å². The molecule has 88 valence electrons. The van der Waals surface area contributed by atoms with Crippen LogP contribution in [0.5, 0.6) is 0 Å². The first-order valence-corrected chi connectivity index (χ1v) is 5.65. The Morgan fingerprint density at radius 3 is 2.82 bits per heavy atom. The summed E-state index contributed by atoms with van der Waals surface area (Å²) in [7, 11) is 1.92. The standard InChI is InChI=1S/C13H16N4/c1-10-8-16-13(17-12(10)9-14-2)7-11-5-3-4-6-15-11/h3-6,8,14H,7,9H2,1-2H3. The Morgan fingerprint density at radius 1 is 1.24 bits per heavy atom. The molecule has 0 atom stereocenters. The van der Waals surface area contributed by atoms with Crippen LogP contribution in [-0.4, -0.2) is 22.0 Å². The van der Waals surface area contributed by atoms with Gasteiger partial charge in [-0.25, -0.2) is 9.97 Å². The van der Waals surface area contributed by atoms with Crippen LogP contribution in [-0.2, 0) is 13.0 Å². The van der Waals surface area contributed by atoms with E-state index in [1.165, 1.54) is 0 Å². The first kappa shape index (κ1) is 11.7. The third-order valence-electron chi connectivity index (χ3n) is 2.54. The molecule has 4 nitrogen and oxygen atoms in total. The van der Waals surface area contributed by atoms with Crippen molar-refractivity contribution in [2.75, 3.05) is 7.05 Å². The molecule has 1 N–H and O–H groups in total. The fraction of sp³-hybridized carbons (Fsp3) is 0.308. The molecule has 2 aromatic rings. The van der Waals surface area contributed by atoms with Crippen LogP contribution in [0.15, 0.2) is 30.6 Å². The molecule has 2 rings (SSSR count). The zero-order valence-electron chi connectivity index (χ0n) is 10.1. The Morgan fingerprint density at radius 2 is 2.12 bits per heavy atom. The van der Waals surface area contributed by atoms with Crippen molar-refractivity contribution in [3.8, 4) is 0 Å². The lowest BCUT2D eigenvalue weighted by molar-refractivity contribution is 0.761. The number of nitrogens with one attached hydrogen (secondary N) is 1. The van der Waals surface area contributed by atoms with Gasteiger partial charge in [0.15, 0.2) is 0 Å². The number of pyridine rings is 1. The summed E-state index contributed by atoms with van der Waals surface area (Å²) in [5.74, 6) is 0.819. The highest BCUT2D eigenvalue weighted by Crippen LogP contribution is 2.06. The molecule has 4 heteroatoms. The number of hydrogen-bond acceptors (Lipinski definition) is 4. The molecule has 0 aliphatic rings. The van der Waals surface area contributed by atoms with E-state index >= 15 is 0 Å². The van der Waals surface area contributed by atoms with Crippen LogP contribution in [0, 0.1) is 6.92 Å². The minimum atomic E-state index is 0.678. The predicted octanol–water partition coefficient (Wildman–Crippen LogP) is 1.49. The van der Waals surface area contributed by atoms with E-state index in [2.05, 4.69) is 20.3 Å². The van der Waals surface area contributed by atoms with E-state index < -0.39 is 0 Å².